The number of furan rings is 1. The molecule has 0 bridgehead atoms. The molecule has 2 aromatic rings. The summed E-state index contributed by atoms with van der Waals surface area (Å²) >= 11 is 5.21. The molecule has 1 aromatic heterocycles. The number of carbonyl (C=O) groups is 1. The number of anilines is 1. The first kappa shape index (κ1) is 20.6. The van der Waals surface area contributed by atoms with Gasteiger partial charge in [-0.2, -0.15) is 13.2 Å². The Labute approximate surface area is 168 Å². The van der Waals surface area contributed by atoms with E-state index in [4.69, 9.17) is 16.6 Å². The number of rotatable bonds is 3. The summed E-state index contributed by atoms with van der Waals surface area (Å²) in [5.74, 6) is -0.396. The molecule has 154 valence electrons. The van der Waals surface area contributed by atoms with Gasteiger partial charge in [-0.1, -0.05) is 0 Å². The van der Waals surface area contributed by atoms with E-state index < -0.39 is 28.3 Å². The number of carbonyl (C=O) groups excluding carboxylic acids is 1. The lowest BCUT2D eigenvalue weighted by Crippen LogP contribution is -2.52. The van der Waals surface area contributed by atoms with Gasteiger partial charge < -0.3 is 14.2 Å². The highest BCUT2D eigenvalue weighted by Crippen LogP contribution is 2.36. The summed E-state index contributed by atoms with van der Waals surface area (Å²) in [5.41, 5.74) is -1.58. The van der Waals surface area contributed by atoms with Crippen molar-refractivity contribution in [3.05, 3.63) is 58.0 Å². The van der Waals surface area contributed by atoms with Crippen LogP contribution in [0.5, 0.6) is 0 Å². The van der Waals surface area contributed by atoms with E-state index in [0.29, 0.717) is 19.2 Å². The highest BCUT2D eigenvalue weighted by molar-refractivity contribution is 7.80. The molecule has 1 aliphatic rings. The van der Waals surface area contributed by atoms with Crippen LogP contribution in [0.15, 0.2) is 41.0 Å². The number of nitro groups is 1. The van der Waals surface area contributed by atoms with Crippen molar-refractivity contribution in [2.75, 3.05) is 31.1 Å². The molecule has 0 unspecified atom stereocenters. The summed E-state index contributed by atoms with van der Waals surface area (Å²) in [5, 5.41) is 14.0. The van der Waals surface area contributed by atoms with E-state index >= 15 is 0 Å². The number of halogens is 3. The Kier molecular flexibility index (Phi) is 5.73. The third-order valence-electron chi connectivity index (χ3n) is 4.37. The number of alkyl halides is 3. The zero-order chi connectivity index (χ0) is 21.2. The van der Waals surface area contributed by atoms with Gasteiger partial charge in [0.25, 0.3) is 11.6 Å². The maximum absolute atomic E-state index is 12.9. The Morgan fingerprint density at radius 1 is 1.21 bits per heavy atom. The maximum Gasteiger partial charge on any atom is 0.416 e. The summed E-state index contributed by atoms with van der Waals surface area (Å²) in [6.45, 7) is 1.22. The molecule has 8 nitrogen and oxygen atoms in total. The molecule has 0 saturated carbocycles. The summed E-state index contributed by atoms with van der Waals surface area (Å²) in [4.78, 5) is 25.7. The largest absolute Gasteiger partial charge is 0.459 e. The van der Waals surface area contributed by atoms with E-state index in [1.807, 2.05) is 0 Å². The summed E-state index contributed by atoms with van der Waals surface area (Å²) in [7, 11) is 0. The second-order valence-corrected chi connectivity index (χ2v) is 6.56. The molecule has 0 radical (unpaired) electrons. The summed E-state index contributed by atoms with van der Waals surface area (Å²) < 4.78 is 43.5. The van der Waals surface area contributed by atoms with Gasteiger partial charge in [0.2, 0.25) is 0 Å². The van der Waals surface area contributed by atoms with E-state index in [2.05, 4.69) is 5.32 Å². The van der Waals surface area contributed by atoms with Gasteiger partial charge in [-0.05, 0) is 36.5 Å². The van der Waals surface area contributed by atoms with Gasteiger partial charge in [0.1, 0.15) is 5.69 Å². The number of hydrogen-bond acceptors (Lipinski definition) is 6. The van der Waals surface area contributed by atoms with Crippen LogP contribution >= 0.6 is 12.2 Å². The lowest BCUT2D eigenvalue weighted by Gasteiger charge is -2.36. The lowest BCUT2D eigenvalue weighted by atomic mass is 10.1. The fourth-order valence-electron chi connectivity index (χ4n) is 2.91. The smallest absolute Gasteiger partial charge is 0.416 e. The minimum atomic E-state index is -4.67. The average Bonchev–Trinajstić information content (AvgIpc) is 3.22. The van der Waals surface area contributed by atoms with Gasteiger partial charge in [0, 0.05) is 32.2 Å². The molecular weight excluding hydrogens is 413 g/mol. The molecule has 1 saturated heterocycles. The molecule has 1 aliphatic heterocycles. The fourth-order valence-corrected chi connectivity index (χ4v) is 3.18. The average molecular weight is 428 g/mol. The van der Waals surface area contributed by atoms with Gasteiger partial charge in [-0.25, -0.2) is 0 Å². The number of benzene rings is 1. The van der Waals surface area contributed by atoms with E-state index in [1.54, 1.807) is 15.9 Å². The molecule has 1 aromatic carbocycles. The molecule has 1 N–H and O–H groups in total. The van der Waals surface area contributed by atoms with Crippen LogP contribution in [0, 0.1) is 10.1 Å². The van der Waals surface area contributed by atoms with Crippen LogP contribution in [0.25, 0.3) is 0 Å². The molecule has 3 rings (SSSR count). The molecule has 0 aliphatic carbocycles. The zero-order valence-corrected chi connectivity index (χ0v) is 15.6. The van der Waals surface area contributed by atoms with Crippen LogP contribution in [0.3, 0.4) is 0 Å². The Balaban J connectivity index is 1.66. The monoisotopic (exact) mass is 428 g/mol. The molecule has 2 heterocycles. The van der Waals surface area contributed by atoms with Gasteiger partial charge >= 0.3 is 6.18 Å². The maximum atomic E-state index is 12.9. The van der Waals surface area contributed by atoms with Crippen molar-refractivity contribution >= 4 is 34.6 Å². The van der Waals surface area contributed by atoms with Gasteiger partial charge in [-0.3, -0.25) is 20.2 Å². The van der Waals surface area contributed by atoms with Crippen LogP contribution in [0.2, 0.25) is 0 Å². The quantitative estimate of drug-likeness (QED) is 0.456. The number of nitrogens with one attached hydrogen (secondary N) is 1. The first-order chi connectivity index (χ1) is 13.7. The molecule has 0 atom stereocenters. The normalized spacial score (nSPS) is 14.6. The predicted molar refractivity (Wildman–Crippen MR) is 101 cm³/mol. The Morgan fingerprint density at radius 3 is 2.45 bits per heavy atom. The van der Waals surface area contributed by atoms with Crippen LogP contribution < -0.4 is 10.2 Å². The first-order valence-electron chi connectivity index (χ1n) is 8.41. The van der Waals surface area contributed by atoms with Gasteiger partial charge in [0.15, 0.2) is 10.9 Å². The fraction of sp³-hybridized carbons (Fsp3) is 0.294. The molecule has 12 heteroatoms. The third kappa shape index (κ3) is 4.65. The van der Waals surface area contributed by atoms with Crippen molar-refractivity contribution in [1.82, 2.24) is 10.2 Å². The molecular formula is C17H15F3N4O4S. The van der Waals surface area contributed by atoms with E-state index in [9.17, 15) is 28.1 Å². The Hall–Kier alpha value is -3.15. The number of hydrogen-bond donors (Lipinski definition) is 1. The number of piperazine rings is 1. The summed E-state index contributed by atoms with van der Waals surface area (Å²) in [6.07, 6.45) is -3.31. The first-order valence-corrected chi connectivity index (χ1v) is 8.82. The standard InChI is InChI=1S/C17H15F3N4O4S/c18-17(19,20)11-3-4-12(13(10-11)24(26)27)22-5-7-23(8-6-22)16(29)21-15(25)14-2-1-9-28-14/h1-4,9-10H,5-8H2,(H,21,25,29). The molecule has 0 spiro atoms. The topological polar surface area (TPSA) is 91.9 Å². The lowest BCUT2D eigenvalue weighted by molar-refractivity contribution is -0.384. The summed E-state index contributed by atoms with van der Waals surface area (Å²) in [6, 6.07) is 5.51. The minimum absolute atomic E-state index is 0.103. The van der Waals surface area contributed by atoms with Crippen molar-refractivity contribution in [2.45, 2.75) is 6.18 Å². The number of thiocarbonyl (C=S) groups is 1. The van der Waals surface area contributed by atoms with Crippen LogP contribution in [0.4, 0.5) is 24.5 Å². The minimum Gasteiger partial charge on any atom is -0.459 e. The van der Waals surface area contributed by atoms with Crippen molar-refractivity contribution < 1.29 is 27.3 Å². The van der Waals surface area contributed by atoms with E-state index in [-0.39, 0.29) is 29.6 Å². The Morgan fingerprint density at radius 2 is 1.90 bits per heavy atom. The highest BCUT2D eigenvalue weighted by Gasteiger charge is 2.34. The molecule has 1 fully saturated rings. The Bertz CT molecular complexity index is 925. The van der Waals surface area contributed by atoms with Crippen LogP contribution in [0.1, 0.15) is 16.1 Å². The zero-order valence-electron chi connectivity index (χ0n) is 14.8. The van der Waals surface area contributed by atoms with Crippen molar-refractivity contribution in [3.63, 3.8) is 0 Å². The van der Waals surface area contributed by atoms with Crippen LogP contribution in [-0.4, -0.2) is 47.0 Å². The number of nitro benzene ring substituents is 1. The number of nitrogens with zero attached hydrogens (tertiary/aromatic N) is 3. The van der Waals surface area contributed by atoms with E-state index in [0.717, 1.165) is 12.1 Å². The van der Waals surface area contributed by atoms with Gasteiger partial charge in [0.05, 0.1) is 16.7 Å². The predicted octanol–water partition coefficient (Wildman–Crippen LogP) is 3.04. The highest BCUT2D eigenvalue weighted by atomic mass is 32.1. The van der Waals surface area contributed by atoms with Crippen LogP contribution in [-0.2, 0) is 6.18 Å². The SMILES string of the molecule is O=C(NC(=S)N1CCN(c2ccc(C(F)(F)F)cc2[N+](=O)[O-])CC1)c1ccco1. The van der Waals surface area contributed by atoms with Crippen molar-refractivity contribution in [1.29, 1.82) is 0 Å². The second kappa shape index (κ2) is 8.07. The number of amides is 1. The third-order valence-corrected chi connectivity index (χ3v) is 4.73. The van der Waals surface area contributed by atoms with Crippen molar-refractivity contribution in [3.8, 4) is 0 Å². The second-order valence-electron chi connectivity index (χ2n) is 6.17. The molecule has 1 amide bonds. The van der Waals surface area contributed by atoms with E-state index in [1.165, 1.54) is 12.3 Å². The van der Waals surface area contributed by atoms with Gasteiger partial charge in [-0.15, -0.1) is 0 Å². The van der Waals surface area contributed by atoms with Crippen molar-refractivity contribution in [2.24, 2.45) is 0 Å². The molecule has 29 heavy (non-hydrogen) atoms.